The SMILES string of the molecule is CC1CN(c2cccc(-c3ccc4cnc(C(C)N=C(c5ccccc5)c5ccccc5)cc4n3)n2)CC(C)O1. The third-order valence-electron chi connectivity index (χ3n) is 7.18. The van der Waals surface area contributed by atoms with E-state index in [0.717, 1.165) is 63.7 Å². The number of benzene rings is 2. The average molecular weight is 528 g/mol. The minimum atomic E-state index is -0.156. The van der Waals surface area contributed by atoms with Gasteiger partial charge in [-0.1, -0.05) is 66.7 Å². The standard InChI is InChI=1S/C34H33N5O/c1-23-21-39(22-24(2)40-23)33-16-10-15-29(38-33)30-18-17-28-20-35-31(19-32(28)37-30)25(3)36-34(26-11-6-4-7-12-26)27-13-8-5-9-14-27/h4-20,23-25H,21-22H2,1-3H3. The molecule has 1 fully saturated rings. The third kappa shape index (κ3) is 5.63. The number of hydrogen-bond donors (Lipinski definition) is 0. The van der Waals surface area contributed by atoms with Crippen molar-refractivity contribution in [3.8, 4) is 11.4 Å². The van der Waals surface area contributed by atoms with Gasteiger partial charge in [-0.25, -0.2) is 9.97 Å². The fourth-order valence-electron chi connectivity index (χ4n) is 5.28. The zero-order valence-corrected chi connectivity index (χ0v) is 23.1. The highest BCUT2D eigenvalue weighted by atomic mass is 16.5. The Morgan fingerprint density at radius 3 is 2.12 bits per heavy atom. The highest BCUT2D eigenvalue weighted by Gasteiger charge is 2.23. The van der Waals surface area contributed by atoms with Crippen molar-refractivity contribution in [2.45, 2.75) is 39.0 Å². The van der Waals surface area contributed by atoms with Gasteiger partial charge in [0.05, 0.1) is 46.6 Å². The second-order valence-electron chi connectivity index (χ2n) is 10.4. The Bertz CT molecular complexity index is 1590. The van der Waals surface area contributed by atoms with Gasteiger partial charge in [0.2, 0.25) is 0 Å². The van der Waals surface area contributed by atoms with Crippen molar-refractivity contribution in [1.82, 2.24) is 15.0 Å². The van der Waals surface area contributed by atoms with Gasteiger partial charge >= 0.3 is 0 Å². The molecule has 0 saturated carbocycles. The number of fused-ring (bicyclic) bond motifs is 1. The molecular formula is C34H33N5O. The molecule has 1 aliphatic rings. The smallest absolute Gasteiger partial charge is 0.129 e. The normalized spacial score (nSPS) is 17.9. The van der Waals surface area contributed by atoms with E-state index in [-0.39, 0.29) is 18.2 Å². The van der Waals surface area contributed by atoms with Crippen LogP contribution in [0.4, 0.5) is 5.82 Å². The molecule has 6 nitrogen and oxygen atoms in total. The summed E-state index contributed by atoms with van der Waals surface area (Å²) in [5.41, 5.74) is 6.56. The number of aromatic nitrogens is 3. The first kappa shape index (κ1) is 25.8. The monoisotopic (exact) mass is 527 g/mol. The van der Waals surface area contributed by atoms with Gasteiger partial charge in [0.1, 0.15) is 5.82 Å². The third-order valence-corrected chi connectivity index (χ3v) is 7.18. The number of aliphatic imine (C=N–C) groups is 1. The number of hydrogen-bond acceptors (Lipinski definition) is 6. The van der Waals surface area contributed by atoms with E-state index in [2.05, 4.69) is 74.2 Å². The number of ether oxygens (including phenoxy) is 1. The first-order valence-corrected chi connectivity index (χ1v) is 13.9. The molecule has 3 aromatic heterocycles. The number of nitrogens with zero attached hydrogens (tertiary/aromatic N) is 5. The number of anilines is 1. The molecule has 200 valence electrons. The van der Waals surface area contributed by atoms with Gasteiger partial charge in [0.25, 0.3) is 0 Å². The Labute approximate surface area is 235 Å². The number of pyridine rings is 3. The van der Waals surface area contributed by atoms with E-state index in [9.17, 15) is 0 Å². The van der Waals surface area contributed by atoms with Crippen molar-refractivity contribution >= 4 is 22.4 Å². The van der Waals surface area contributed by atoms with Crippen LogP contribution in [0.2, 0.25) is 0 Å². The van der Waals surface area contributed by atoms with Gasteiger partial charge in [-0.3, -0.25) is 9.98 Å². The summed E-state index contributed by atoms with van der Waals surface area (Å²) in [6.07, 6.45) is 2.24. The average Bonchev–Trinajstić information content (AvgIpc) is 2.99. The van der Waals surface area contributed by atoms with E-state index in [1.165, 1.54) is 0 Å². The maximum Gasteiger partial charge on any atom is 0.129 e. The van der Waals surface area contributed by atoms with Crippen LogP contribution in [0.5, 0.6) is 0 Å². The summed E-state index contributed by atoms with van der Waals surface area (Å²) >= 11 is 0. The van der Waals surface area contributed by atoms with Gasteiger partial charge in [0, 0.05) is 35.8 Å². The summed E-state index contributed by atoms with van der Waals surface area (Å²) in [5.74, 6) is 0.953. The van der Waals surface area contributed by atoms with E-state index < -0.39 is 0 Å². The molecule has 40 heavy (non-hydrogen) atoms. The van der Waals surface area contributed by atoms with E-state index in [4.69, 9.17) is 24.7 Å². The van der Waals surface area contributed by atoms with Gasteiger partial charge in [-0.15, -0.1) is 0 Å². The van der Waals surface area contributed by atoms with Gasteiger partial charge in [0.15, 0.2) is 0 Å². The Morgan fingerprint density at radius 2 is 1.45 bits per heavy atom. The molecule has 1 saturated heterocycles. The van der Waals surface area contributed by atoms with Gasteiger partial charge in [-0.2, -0.15) is 0 Å². The highest BCUT2D eigenvalue weighted by Crippen LogP contribution is 2.26. The molecule has 1 aliphatic heterocycles. The molecule has 3 unspecified atom stereocenters. The van der Waals surface area contributed by atoms with E-state index in [0.29, 0.717) is 0 Å². The largest absolute Gasteiger partial charge is 0.372 e. The topological polar surface area (TPSA) is 63.5 Å². The minimum Gasteiger partial charge on any atom is -0.372 e. The predicted molar refractivity (Wildman–Crippen MR) is 162 cm³/mol. The molecule has 0 radical (unpaired) electrons. The minimum absolute atomic E-state index is 0.156. The van der Waals surface area contributed by atoms with Crippen molar-refractivity contribution in [3.05, 3.63) is 120 Å². The molecule has 0 spiro atoms. The lowest BCUT2D eigenvalue weighted by Gasteiger charge is -2.36. The lowest BCUT2D eigenvalue weighted by atomic mass is 10.0. The van der Waals surface area contributed by atoms with Gasteiger partial charge < -0.3 is 9.64 Å². The molecule has 0 N–H and O–H groups in total. The van der Waals surface area contributed by atoms with Crippen molar-refractivity contribution in [2.75, 3.05) is 18.0 Å². The lowest BCUT2D eigenvalue weighted by Crippen LogP contribution is -2.45. The van der Waals surface area contributed by atoms with Crippen LogP contribution < -0.4 is 4.90 Å². The van der Waals surface area contributed by atoms with Crippen molar-refractivity contribution in [2.24, 2.45) is 4.99 Å². The second-order valence-corrected chi connectivity index (χ2v) is 10.4. The molecule has 0 bridgehead atoms. The van der Waals surface area contributed by atoms with Crippen molar-refractivity contribution in [1.29, 1.82) is 0 Å². The molecule has 0 aliphatic carbocycles. The Balaban J connectivity index is 1.32. The van der Waals surface area contributed by atoms with Crippen LogP contribution in [0, 0.1) is 0 Å². The highest BCUT2D eigenvalue weighted by molar-refractivity contribution is 6.13. The maximum atomic E-state index is 5.91. The predicted octanol–water partition coefficient (Wildman–Crippen LogP) is 6.90. The summed E-state index contributed by atoms with van der Waals surface area (Å²) in [4.78, 5) is 22.2. The summed E-state index contributed by atoms with van der Waals surface area (Å²) < 4.78 is 5.91. The Morgan fingerprint density at radius 1 is 0.800 bits per heavy atom. The van der Waals surface area contributed by atoms with Crippen LogP contribution in [0.15, 0.2) is 108 Å². The first-order chi connectivity index (χ1) is 19.5. The van der Waals surface area contributed by atoms with Crippen LogP contribution in [-0.2, 0) is 4.74 Å². The van der Waals surface area contributed by atoms with Crippen LogP contribution in [0.25, 0.3) is 22.3 Å². The second kappa shape index (κ2) is 11.4. The lowest BCUT2D eigenvalue weighted by molar-refractivity contribution is -0.00545. The zero-order valence-electron chi connectivity index (χ0n) is 23.1. The molecule has 5 aromatic rings. The quantitative estimate of drug-likeness (QED) is 0.225. The molecule has 3 atom stereocenters. The molecular weight excluding hydrogens is 494 g/mol. The van der Waals surface area contributed by atoms with Crippen LogP contribution in [-0.4, -0.2) is 46.0 Å². The molecule has 4 heterocycles. The van der Waals surface area contributed by atoms with Crippen molar-refractivity contribution < 1.29 is 4.74 Å². The van der Waals surface area contributed by atoms with Crippen molar-refractivity contribution in [3.63, 3.8) is 0 Å². The summed E-state index contributed by atoms with van der Waals surface area (Å²) in [6, 6.07) is 32.7. The molecule has 2 aromatic carbocycles. The zero-order chi connectivity index (χ0) is 27.5. The first-order valence-electron chi connectivity index (χ1n) is 13.9. The summed E-state index contributed by atoms with van der Waals surface area (Å²) in [7, 11) is 0. The number of morpholine rings is 1. The van der Waals surface area contributed by atoms with E-state index >= 15 is 0 Å². The fraction of sp³-hybridized carbons (Fsp3) is 0.235. The maximum absolute atomic E-state index is 5.91. The van der Waals surface area contributed by atoms with Crippen LogP contribution in [0.1, 0.15) is 43.6 Å². The summed E-state index contributed by atoms with van der Waals surface area (Å²) in [5, 5.41) is 0.988. The van der Waals surface area contributed by atoms with Gasteiger partial charge in [-0.05, 0) is 51.1 Å². The fourth-order valence-corrected chi connectivity index (χ4v) is 5.28. The van der Waals surface area contributed by atoms with Crippen LogP contribution in [0.3, 0.4) is 0 Å². The van der Waals surface area contributed by atoms with E-state index in [1.807, 2.05) is 54.7 Å². The van der Waals surface area contributed by atoms with Crippen LogP contribution >= 0.6 is 0 Å². The molecule has 6 rings (SSSR count). The molecule has 0 amide bonds. The Kier molecular flexibility index (Phi) is 7.34. The Hall–Kier alpha value is -4.42. The number of rotatable bonds is 6. The van der Waals surface area contributed by atoms with E-state index in [1.54, 1.807) is 0 Å². The molecule has 6 heteroatoms. The summed E-state index contributed by atoms with van der Waals surface area (Å²) in [6.45, 7) is 7.95.